The molecule has 3 rings (SSSR count). The van der Waals surface area contributed by atoms with Crippen molar-refractivity contribution in [2.75, 3.05) is 26.3 Å². The van der Waals surface area contributed by atoms with Crippen molar-refractivity contribution in [3.8, 4) is 11.1 Å². The van der Waals surface area contributed by atoms with E-state index in [2.05, 4.69) is 0 Å². The van der Waals surface area contributed by atoms with E-state index in [1.807, 2.05) is 48.5 Å². The van der Waals surface area contributed by atoms with Crippen molar-refractivity contribution in [2.45, 2.75) is 19.3 Å². The number of rotatable bonds is 4. The lowest BCUT2D eigenvalue weighted by Gasteiger charge is -2.26. The lowest BCUT2D eigenvalue weighted by atomic mass is 9.84. The summed E-state index contributed by atoms with van der Waals surface area (Å²) in [6, 6.07) is 15.0. The van der Waals surface area contributed by atoms with Gasteiger partial charge in [0.1, 0.15) is 0 Å². The molecule has 1 amide bonds. The minimum Gasteiger partial charge on any atom is -0.481 e. The van der Waals surface area contributed by atoms with Crippen LogP contribution in [-0.4, -0.2) is 48.2 Å². The minimum atomic E-state index is -0.924. The fourth-order valence-corrected chi connectivity index (χ4v) is 2.96. The van der Waals surface area contributed by atoms with Crippen molar-refractivity contribution in [1.29, 1.82) is 0 Å². The van der Waals surface area contributed by atoms with E-state index < -0.39 is 11.4 Å². The van der Waals surface area contributed by atoms with E-state index in [4.69, 9.17) is 4.74 Å². The Balaban J connectivity index is 1.76. The van der Waals surface area contributed by atoms with Gasteiger partial charge < -0.3 is 14.7 Å². The van der Waals surface area contributed by atoms with Crippen LogP contribution in [0, 0.1) is 0 Å². The normalized spacial score (nSPS) is 14.9. The van der Waals surface area contributed by atoms with Gasteiger partial charge in [0.15, 0.2) is 0 Å². The molecule has 136 valence electrons. The smallest absolute Gasteiger partial charge is 0.313 e. The van der Waals surface area contributed by atoms with Gasteiger partial charge >= 0.3 is 5.97 Å². The molecule has 2 aromatic rings. The number of hydrogen-bond donors (Lipinski definition) is 1. The van der Waals surface area contributed by atoms with E-state index in [0.717, 1.165) is 16.7 Å². The molecule has 0 aromatic heterocycles. The summed E-state index contributed by atoms with van der Waals surface area (Å²) in [4.78, 5) is 25.7. The van der Waals surface area contributed by atoms with Crippen LogP contribution in [0.3, 0.4) is 0 Å². The summed E-state index contributed by atoms with van der Waals surface area (Å²) >= 11 is 0. The summed E-state index contributed by atoms with van der Waals surface area (Å²) < 4.78 is 5.28. The second kappa shape index (κ2) is 7.30. The number of aliphatic carboxylic acids is 1. The van der Waals surface area contributed by atoms with Gasteiger partial charge in [-0.3, -0.25) is 9.59 Å². The van der Waals surface area contributed by atoms with E-state index in [1.54, 1.807) is 18.7 Å². The Morgan fingerprint density at radius 2 is 1.42 bits per heavy atom. The summed E-state index contributed by atoms with van der Waals surface area (Å²) in [5.41, 5.74) is 2.48. The number of nitrogens with zero attached hydrogens (tertiary/aromatic N) is 1. The molecule has 1 aliphatic rings. The number of carbonyl (C=O) groups is 2. The molecule has 5 nitrogen and oxygen atoms in total. The van der Waals surface area contributed by atoms with Crippen LogP contribution in [0.5, 0.6) is 0 Å². The van der Waals surface area contributed by atoms with Gasteiger partial charge in [-0.05, 0) is 42.7 Å². The molecular weight excluding hydrogens is 330 g/mol. The fourth-order valence-electron chi connectivity index (χ4n) is 2.96. The van der Waals surface area contributed by atoms with Crippen LogP contribution in [0.2, 0.25) is 0 Å². The molecule has 1 fully saturated rings. The molecule has 0 bridgehead atoms. The average Bonchev–Trinajstić information content (AvgIpc) is 2.68. The highest BCUT2D eigenvalue weighted by Gasteiger charge is 2.29. The molecule has 1 heterocycles. The van der Waals surface area contributed by atoms with Gasteiger partial charge in [-0.15, -0.1) is 0 Å². The minimum absolute atomic E-state index is 0.0263. The van der Waals surface area contributed by atoms with Crippen LogP contribution in [0.15, 0.2) is 48.5 Å². The number of carboxylic acid groups (broad SMARTS) is 1. The Morgan fingerprint density at radius 3 is 1.92 bits per heavy atom. The first-order chi connectivity index (χ1) is 12.4. The standard InChI is InChI=1S/C21H23NO4/c1-21(2,20(24)25)18-9-7-16(8-10-18)15-3-5-17(6-4-15)19(23)22-11-13-26-14-12-22/h3-10H,11-14H2,1-2H3,(H,24,25). The van der Waals surface area contributed by atoms with Crippen LogP contribution in [0.1, 0.15) is 29.8 Å². The Hall–Kier alpha value is -2.66. The molecule has 26 heavy (non-hydrogen) atoms. The van der Waals surface area contributed by atoms with Gasteiger partial charge in [-0.25, -0.2) is 0 Å². The molecule has 1 N–H and O–H groups in total. The Morgan fingerprint density at radius 1 is 0.923 bits per heavy atom. The molecule has 1 aliphatic heterocycles. The molecule has 2 aromatic carbocycles. The molecule has 0 saturated carbocycles. The Labute approximate surface area is 153 Å². The van der Waals surface area contributed by atoms with Crippen molar-refractivity contribution in [3.63, 3.8) is 0 Å². The Kier molecular flexibility index (Phi) is 5.09. The second-order valence-corrected chi connectivity index (χ2v) is 6.99. The summed E-state index contributed by atoms with van der Waals surface area (Å²) in [5.74, 6) is -0.824. The summed E-state index contributed by atoms with van der Waals surface area (Å²) in [5, 5.41) is 9.33. The lowest BCUT2D eigenvalue weighted by molar-refractivity contribution is -0.142. The van der Waals surface area contributed by atoms with E-state index in [0.29, 0.717) is 31.9 Å². The number of ether oxygens (including phenoxy) is 1. The maximum atomic E-state index is 12.5. The van der Waals surface area contributed by atoms with Crippen LogP contribution in [0.4, 0.5) is 0 Å². The van der Waals surface area contributed by atoms with Gasteiger partial charge in [-0.2, -0.15) is 0 Å². The van der Waals surface area contributed by atoms with Crippen LogP contribution >= 0.6 is 0 Å². The number of benzene rings is 2. The predicted molar refractivity (Wildman–Crippen MR) is 99.3 cm³/mol. The van der Waals surface area contributed by atoms with E-state index in [-0.39, 0.29) is 5.91 Å². The molecule has 0 radical (unpaired) electrons. The van der Waals surface area contributed by atoms with Crippen molar-refractivity contribution in [3.05, 3.63) is 59.7 Å². The Bertz CT molecular complexity index is 788. The van der Waals surface area contributed by atoms with Gasteiger partial charge in [-0.1, -0.05) is 36.4 Å². The molecule has 0 unspecified atom stereocenters. The predicted octanol–water partition coefficient (Wildman–Crippen LogP) is 3.19. The van der Waals surface area contributed by atoms with Gasteiger partial charge in [0.2, 0.25) is 0 Å². The molecule has 0 atom stereocenters. The van der Waals surface area contributed by atoms with Gasteiger partial charge in [0.25, 0.3) is 5.91 Å². The molecular formula is C21H23NO4. The first-order valence-electron chi connectivity index (χ1n) is 8.71. The average molecular weight is 353 g/mol. The first-order valence-corrected chi connectivity index (χ1v) is 8.71. The third-order valence-corrected chi connectivity index (χ3v) is 4.90. The van der Waals surface area contributed by atoms with Crippen molar-refractivity contribution in [2.24, 2.45) is 0 Å². The number of amides is 1. The van der Waals surface area contributed by atoms with E-state index >= 15 is 0 Å². The van der Waals surface area contributed by atoms with E-state index in [9.17, 15) is 14.7 Å². The first kappa shape index (κ1) is 18.1. The highest BCUT2D eigenvalue weighted by Crippen LogP contribution is 2.27. The number of hydrogen-bond acceptors (Lipinski definition) is 3. The number of morpholine rings is 1. The van der Waals surface area contributed by atoms with Crippen molar-refractivity contribution < 1.29 is 19.4 Å². The maximum absolute atomic E-state index is 12.5. The topological polar surface area (TPSA) is 66.8 Å². The zero-order chi connectivity index (χ0) is 18.7. The zero-order valence-electron chi connectivity index (χ0n) is 15.1. The number of carbonyl (C=O) groups excluding carboxylic acids is 1. The summed E-state index contributed by atoms with van der Waals surface area (Å²) in [7, 11) is 0. The largest absolute Gasteiger partial charge is 0.481 e. The zero-order valence-corrected chi connectivity index (χ0v) is 15.1. The quantitative estimate of drug-likeness (QED) is 0.917. The maximum Gasteiger partial charge on any atom is 0.313 e. The lowest BCUT2D eigenvalue weighted by Crippen LogP contribution is -2.40. The highest BCUT2D eigenvalue weighted by molar-refractivity contribution is 5.94. The second-order valence-electron chi connectivity index (χ2n) is 6.99. The fraction of sp³-hybridized carbons (Fsp3) is 0.333. The van der Waals surface area contributed by atoms with Crippen LogP contribution < -0.4 is 0 Å². The van der Waals surface area contributed by atoms with Crippen LogP contribution in [-0.2, 0) is 14.9 Å². The summed E-state index contributed by atoms with van der Waals surface area (Å²) in [6.45, 7) is 5.81. The van der Waals surface area contributed by atoms with Crippen LogP contribution in [0.25, 0.3) is 11.1 Å². The summed E-state index contributed by atoms with van der Waals surface area (Å²) in [6.07, 6.45) is 0. The van der Waals surface area contributed by atoms with Gasteiger partial charge in [0.05, 0.1) is 18.6 Å². The third kappa shape index (κ3) is 3.63. The van der Waals surface area contributed by atoms with Crippen molar-refractivity contribution in [1.82, 2.24) is 4.90 Å². The van der Waals surface area contributed by atoms with Crippen molar-refractivity contribution >= 4 is 11.9 Å². The van der Waals surface area contributed by atoms with E-state index in [1.165, 1.54) is 0 Å². The van der Waals surface area contributed by atoms with Gasteiger partial charge in [0, 0.05) is 18.7 Å². The monoisotopic (exact) mass is 353 g/mol. The number of carboxylic acids is 1. The molecule has 5 heteroatoms. The molecule has 1 saturated heterocycles. The molecule has 0 spiro atoms. The SMILES string of the molecule is CC(C)(C(=O)O)c1ccc(-c2ccc(C(=O)N3CCOCC3)cc2)cc1. The molecule has 0 aliphatic carbocycles. The third-order valence-electron chi connectivity index (χ3n) is 4.90. The highest BCUT2D eigenvalue weighted by atomic mass is 16.5.